The lowest BCUT2D eigenvalue weighted by molar-refractivity contribution is -0.0601. The fourth-order valence-corrected chi connectivity index (χ4v) is 5.54. The lowest BCUT2D eigenvalue weighted by atomic mass is 9.51. The summed E-state index contributed by atoms with van der Waals surface area (Å²) in [6, 6.07) is 0. The monoisotopic (exact) mass is 304 g/mol. The molecule has 2 bridgehead atoms. The van der Waals surface area contributed by atoms with E-state index in [0.717, 1.165) is 37.7 Å². The lowest BCUT2D eigenvalue weighted by Crippen LogP contribution is -2.50. The second-order valence-electron chi connectivity index (χ2n) is 8.86. The van der Waals surface area contributed by atoms with Crippen LogP contribution in [0, 0.1) is 22.7 Å². The van der Waals surface area contributed by atoms with Gasteiger partial charge in [-0.15, -0.1) is 0 Å². The van der Waals surface area contributed by atoms with Crippen molar-refractivity contribution in [3.8, 4) is 0 Å². The second kappa shape index (κ2) is 5.21. The standard InChI is InChI=1S/C20H32O2/c1-12-6-7-14-10-16-13(2)17(21)8-9-20(16,5)18(22)11-15(12)19(14,3)4/h14,16-18,21-22H,2,6-11H2,1,3-5H3/t14-,16+,17-,18-,20+/m0/s1. The molecular formula is C20H32O2. The molecule has 2 heteroatoms. The van der Waals surface area contributed by atoms with Gasteiger partial charge in [0.15, 0.2) is 0 Å². The normalized spacial score (nSPS) is 45.1. The van der Waals surface area contributed by atoms with Crippen molar-refractivity contribution in [1.82, 2.24) is 0 Å². The highest BCUT2D eigenvalue weighted by Gasteiger charge is 2.52. The zero-order valence-electron chi connectivity index (χ0n) is 14.7. The van der Waals surface area contributed by atoms with Crippen molar-refractivity contribution in [3.05, 3.63) is 23.3 Å². The Bertz CT molecular complexity index is 516. The van der Waals surface area contributed by atoms with Crippen LogP contribution in [0.3, 0.4) is 0 Å². The Hall–Kier alpha value is -0.600. The van der Waals surface area contributed by atoms with Gasteiger partial charge in [-0.25, -0.2) is 0 Å². The van der Waals surface area contributed by atoms with Gasteiger partial charge >= 0.3 is 0 Å². The van der Waals surface area contributed by atoms with E-state index >= 15 is 0 Å². The van der Waals surface area contributed by atoms with Gasteiger partial charge in [0, 0.05) is 5.41 Å². The van der Waals surface area contributed by atoms with Crippen LogP contribution in [-0.4, -0.2) is 22.4 Å². The molecule has 0 saturated heterocycles. The molecule has 0 aliphatic heterocycles. The molecule has 3 rings (SSSR count). The van der Waals surface area contributed by atoms with E-state index in [-0.39, 0.29) is 29.0 Å². The lowest BCUT2D eigenvalue weighted by Gasteiger charge is -2.55. The number of aliphatic hydroxyl groups excluding tert-OH is 2. The number of hydrogen-bond acceptors (Lipinski definition) is 2. The highest BCUT2D eigenvalue weighted by atomic mass is 16.3. The molecule has 0 aromatic heterocycles. The zero-order valence-corrected chi connectivity index (χ0v) is 14.7. The van der Waals surface area contributed by atoms with Crippen molar-refractivity contribution in [2.45, 2.75) is 78.4 Å². The number of fused-ring (bicyclic) bond motifs is 3. The van der Waals surface area contributed by atoms with Crippen LogP contribution in [-0.2, 0) is 0 Å². The van der Waals surface area contributed by atoms with Crippen LogP contribution >= 0.6 is 0 Å². The van der Waals surface area contributed by atoms with Crippen LogP contribution in [0.4, 0.5) is 0 Å². The van der Waals surface area contributed by atoms with Gasteiger partial charge in [-0.3, -0.25) is 0 Å². The minimum atomic E-state index is -0.381. The van der Waals surface area contributed by atoms with Crippen LogP contribution in [0.2, 0.25) is 0 Å². The van der Waals surface area contributed by atoms with Crippen molar-refractivity contribution < 1.29 is 10.2 Å². The molecule has 0 unspecified atom stereocenters. The highest BCUT2D eigenvalue weighted by molar-refractivity contribution is 5.29. The van der Waals surface area contributed by atoms with Gasteiger partial charge in [-0.05, 0) is 68.3 Å². The average molecular weight is 304 g/mol. The topological polar surface area (TPSA) is 40.5 Å². The minimum Gasteiger partial charge on any atom is -0.392 e. The van der Waals surface area contributed by atoms with Gasteiger partial charge in [-0.2, -0.15) is 0 Å². The van der Waals surface area contributed by atoms with Gasteiger partial charge in [0.25, 0.3) is 0 Å². The first kappa shape index (κ1) is 16.3. The summed E-state index contributed by atoms with van der Waals surface area (Å²) in [4.78, 5) is 0. The molecule has 0 radical (unpaired) electrons. The number of hydrogen-bond donors (Lipinski definition) is 2. The molecule has 124 valence electrons. The Morgan fingerprint density at radius 2 is 1.82 bits per heavy atom. The first-order chi connectivity index (χ1) is 10.2. The predicted octanol–water partition coefficient (Wildman–Crippen LogP) is 4.23. The SMILES string of the molecule is C=C1[C@H]2C[C@@H]3CCC(C)=C(C[C@H](O)[C@]2(C)CC[C@@H]1O)C3(C)C. The summed E-state index contributed by atoms with van der Waals surface area (Å²) in [7, 11) is 0. The third-order valence-electron chi connectivity index (χ3n) is 7.49. The maximum atomic E-state index is 11.1. The Kier molecular flexibility index (Phi) is 3.85. The summed E-state index contributed by atoms with van der Waals surface area (Å²) in [5.74, 6) is 0.876. The van der Waals surface area contributed by atoms with Gasteiger partial charge < -0.3 is 10.2 Å². The van der Waals surface area contributed by atoms with E-state index in [1.807, 2.05) is 0 Å². The molecule has 0 aromatic carbocycles. The maximum absolute atomic E-state index is 11.1. The molecule has 5 atom stereocenters. The second-order valence-corrected chi connectivity index (χ2v) is 8.86. The molecule has 2 saturated carbocycles. The van der Waals surface area contributed by atoms with E-state index in [1.165, 1.54) is 17.6 Å². The fraction of sp³-hybridized carbons (Fsp3) is 0.800. The van der Waals surface area contributed by atoms with Gasteiger partial charge in [0.1, 0.15) is 0 Å². The van der Waals surface area contributed by atoms with Crippen molar-refractivity contribution in [2.75, 3.05) is 0 Å². The van der Waals surface area contributed by atoms with Gasteiger partial charge in [0.2, 0.25) is 0 Å². The molecule has 0 aromatic rings. The summed E-state index contributed by atoms with van der Waals surface area (Å²) in [6.07, 6.45) is 5.19. The third kappa shape index (κ3) is 2.22. The Labute approximate surface area is 135 Å². The third-order valence-corrected chi connectivity index (χ3v) is 7.49. The molecule has 2 nitrogen and oxygen atoms in total. The summed E-state index contributed by atoms with van der Waals surface area (Å²) in [5, 5.41) is 21.4. The molecule has 2 N–H and O–H groups in total. The zero-order chi connectivity index (χ0) is 16.3. The first-order valence-electron chi connectivity index (χ1n) is 8.92. The van der Waals surface area contributed by atoms with Crippen molar-refractivity contribution >= 4 is 0 Å². The Morgan fingerprint density at radius 1 is 1.14 bits per heavy atom. The van der Waals surface area contributed by atoms with Gasteiger partial charge in [-0.1, -0.05) is 38.5 Å². The summed E-state index contributed by atoms with van der Waals surface area (Å²) < 4.78 is 0. The predicted molar refractivity (Wildman–Crippen MR) is 90.4 cm³/mol. The van der Waals surface area contributed by atoms with E-state index in [9.17, 15) is 10.2 Å². The molecule has 0 amide bonds. The molecule has 0 spiro atoms. The van der Waals surface area contributed by atoms with Crippen LogP contribution in [0.5, 0.6) is 0 Å². The van der Waals surface area contributed by atoms with E-state index in [0.29, 0.717) is 5.92 Å². The molecular weight excluding hydrogens is 272 g/mol. The quantitative estimate of drug-likeness (QED) is 0.658. The summed E-state index contributed by atoms with van der Waals surface area (Å²) in [6.45, 7) is 13.4. The molecule has 3 aliphatic carbocycles. The average Bonchev–Trinajstić information content (AvgIpc) is 2.45. The van der Waals surface area contributed by atoms with E-state index < -0.39 is 0 Å². The Balaban J connectivity index is 2.06. The van der Waals surface area contributed by atoms with Crippen LogP contribution in [0.25, 0.3) is 0 Å². The number of aliphatic hydroxyl groups is 2. The van der Waals surface area contributed by atoms with Crippen LogP contribution in [0.15, 0.2) is 23.3 Å². The molecule has 3 aliphatic rings. The largest absolute Gasteiger partial charge is 0.392 e. The van der Waals surface area contributed by atoms with Crippen LogP contribution in [0.1, 0.15) is 66.2 Å². The molecule has 22 heavy (non-hydrogen) atoms. The number of rotatable bonds is 0. The number of allylic oxidation sites excluding steroid dienone is 1. The van der Waals surface area contributed by atoms with Crippen molar-refractivity contribution in [1.29, 1.82) is 0 Å². The minimum absolute atomic E-state index is 0.131. The smallest absolute Gasteiger partial charge is 0.0750 e. The summed E-state index contributed by atoms with van der Waals surface area (Å²) in [5.41, 5.74) is 3.99. The van der Waals surface area contributed by atoms with Crippen molar-refractivity contribution in [3.63, 3.8) is 0 Å². The Morgan fingerprint density at radius 3 is 2.50 bits per heavy atom. The molecule has 0 heterocycles. The fourth-order valence-electron chi connectivity index (χ4n) is 5.54. The van der Waals surface area contributed by atoms with E-state index in [4.69, 9.17) is 0 Å². The van der Waals surface area contributed by atoms with E-state index in [2.05, 4.69) is 34.3 Å². The maximum Gasteiger partial charge on any atom is 0.0750 e. The van der Waals surface area contributed by atoms with Gasteiger partial charge in [0.05, 0.1) is 12.2 Å². The molecule has 2 fully saturated rings. The first-order valence-corrected chi connectivity index (χ1v) is 8.92. The highest BCUT2D eigenvalue weighted by Crippen LogP contribution is 2.58. The van der Waals surface area contributed by atoms with E-state index in [1.54, 1.807) is 0 Å². The van der Waals surface area contributed by atoms with Crippen LogP contribution < -0.4 is 0 Å². The summed E-state index contributed by atoms with van der Waals surface area (Å²) >= 11 is 0. The van der Waals surface area contributed by atoms with Crippen molar-refractivity contribution in [2.24, 2.45) is 22.7 Å².